The summed E-state index contributed by atoms with van der Waals surface area (Å²) in [4.78, 5) is 28.0. The van der Waals surface area contributed by atoms with Crippen LogP contribution in [-0.2, 0) is 16.0 Å². The van der Waals surface area contributed by atoms with Crippen molar-refractivity contribution in [2.45, 2.75) is 11.7 Å². The average molecular weight is 563 g/mol. The van der Waals surface area contributed by atoms with Crippen molar-refractivity contribution in [3.8, 4) is 6.07 Å². The number of nitriles is 1. The summed E-state index contributed by atoms with van der Waals surface area (Å²) in [6.45, 7) is 0. The number of anilines is 2. The molecule has 0 unspecified atom stereocenters. The van der Waals surface area contributed by atoms with Crippen molar-refractivity contribution in [2.75, 3.05) is 10.2 Å². The van der Waals surface area contributed by atoms with Gasteiger partial charge in [0.2, 0.25) is 5.91 Å². The van der Waals surface area contributed by atoms with Gasteiger partial charge in [-0.3, -0.25) is 14.5 Å². The molecule has 0 bridgehead atoms. The summed E-state index contributed by atoms with van der Waals surface area (Å²) in [6, 6.07) is 20.2. The Labute approximate surface area is 226 Å². The van der Waals surface area contributed by atoms with Crippen molar-refractivity contribution >= 4 is 81.4 Å². The minimum atomic E-state index is -0.640. The molecule has 4 rings (SSSR count). The smallest absolute Gasteiger partial charge is 0.269 e. The minimum absolute atomic E-state index is 0.190. The lowest BCUT2D eigenvalue weighted by Gasteiger charge is -2.19. The number of hydrogen-bond donors (Lipinski definition) is 1. The van der Waals surface area contributed by atoms with Gasteiger partial charge >= 0.3 is 0 Å². The highest BCUT2D eigenvalue weighted by atomic mass is 35.5. The molecule has 1 N–H and O–H groups in total. The van der Waals surface area contributed by atoms with Gasteiger partial charge < -0.3 is 5.32 Å². The summed E-state index contributed by atoms with van der Waals surface area (Å²) in [6.07, 6.45) is 0.325. The number of amides is 2. The summed E-state index contributed by atoms with van der Waals surface area (Å²) >= 11 is 25.2. The van der Waals surface area contributed by atoms with Crippen LogP contribution in [0.5, 0.6) is 0 Å². The van der Waals surface area contributed by atoms with E-state index < -0.39 is 11.2 Å². The van der Waals surface area contributed by atoms with Crippen LogP contribution in [0.4, 0.5) is 11.4 Å². The molecule has 0 saturated carbocycles. The molecule has 0 spiro atoms. The Kier molecular flexibility index (Phi) is 7.95. The Morgan fingerprint density at radius 1 is 0.943 bits per heavy atom. The Balaban J connectivity index is 1.72. The first-order valence-electron chi connectivity index (χ1n) is 10.2. The average Bonchev–Trinajstić information content (AvgIpc) is 3.14. The third kappa shape index (κ3) is 5.78. The third-order valence-corrected chi connectivity index (χ3v) is 7.60. The van der Waals surface area contributed by atoms with E-state index in [1.807, 2.05) is 6.07 Å². The van der Waals surface area contributed by atoms with E-state index in [4.69, 9.17) is 46.4 Å². The zero-order valence-electron chi connectivity index (χ0n) is 17.8. The normalized spacial score (nSPS) is 16.7. The monoisotopic (exact) mass is 561 g/mol. The van der Waals surface area contributed by atoms with Gasteiger partial charge in [-0.25, -0.2) is 0 Å². The molecule has 0 radical (unpaired) electrons. The van der Waals surface area contributed by atoms with Gasteiger partial charge in [0.25, 0.3) is 5.91 Å². The molecule has 0 aliphatic carbocycles. The molecule has 1 heterocycles. The van der Waals surface area contributed by atoms with Crippen LogP contribution in [0.15, 0.2) is 77.3 Å². The molecule has 1 atom stereocenters. The number of halogens is 4. The van der Waals surface area contributed by atoms with E-state index in [1.165, 1.54) is 4.90 Å². The van der Waals surface area contributed by atoms with E-state index in [1.54, 1.807) is 66.7 Å². The van der Waals surface area contributed by atoms with Crippen molar-refractivity contribution in [3.63, 3.8) is 0 Å². The van der Waals surface area contributed by atoms with Crippen molar-refractivity contribution in [2.24, 2.45) is 0 Å². The summed E-state index contributed by atoms with van der Waals surface area (Å²) in [5.41, 5.74) is 1.56. The molecule has 3 aromatic carbocycles. The number of carbonyl (C=O) groups excluding carboxylic acids is 2. The first-order chi connectivity index (χ1) is 16.8. The van der Waals surface area contributed by atoms with Gasteiger partial charge in [-0.2, -0.15) is 5.26 Å². The maximum atomic E-state index is 13.5. The van der Waals surface area contributed by atoms with Gasteiger partial charge in [0, 0.05) is 21.4 Å². The number of nitrogens with zero attached hydrogens (tertiary/aromatic N) is 2. The van der Waals surface area contributed by atoms with E-state index in [9.17, 15) is 14.9 Å². The van der Waals surface area contributed by atoms with Gasteiger partial charge in [-0.05, 0) is 72.6 Å². The SMILES string of the molecule is N#C/C(C(=O)Nc1ccc(Cl)cc1)=C1/S[C@@H](Cc2ccc(Cl)c(Cl)c2)C(=O)N1c1ccc(Cl)cc1. The predicted octanol–water partition coefficient (Wildman–Crippen LogP) is 7.37. The Hall–Kier alpha value is -2.66. The molecule has 5 nitrogen and oxygen atoms in total. The molecule has 1 aliphatic heterocycles. The first kappa shape index (κ1) is 25.4. The summed E-state index contributed by atoms with van der Waals surface area (Å²) < 4.78 is 0. The largest absolute Gasteiger partial charge is 0.321 e. The highest BCUT2D eigenvalue weighted by molar-refractivity contribution is 8.05. The lowest BCUT2D eigenvalue weighted by atomic mass is 10.1. The standard InChI is InChI=1S/C25H15Cl4N3O2S/c26-15-2-6-17(7-3-15)31-23(33)19(13-30)25-32(18-8-4-16(27)5-9-18)24(34)22(35-25)12-14-1-10-20(28)21(29)11-14/h1-11,22H,12H2,(H,31,33)/b25-19-/t22-/m0/s1. The molecule has 1 saturated heterocycles. The zero-order valence-corrected chi connectivity index (χ0v) is 21.6. The molecular weight excluding hydrogens is 548 g/mol. The number of thioether (sulfide) groups is 1. The maximum Gasteiger partial charge on any atom is 0.269 e. The van der Waals surface area contributed by atoms with Crippen LogP contribution >= 0.6 is 58.2 Å². The van der Waals surface area contributed by atoms with E-state index in [0.29, 0.717) is 37.9 Å². The van der Waals surface area contributed by atoms with Crippen LogP contribution in [0.25, 0.3) is 0 Å². The molecule has 0 aromatic heterocycles. The quantitative estimate of drug-likeness (QED) is 0.260. The third-order valence-electron chi connectivity index (χ3n) is 5.10. The Morgan fingerprint density at radius 3 is 2.17 bits per heavy atom. The second-order valence-corrected chi connectivity index (χ2v) is 10.3. The van der Waals surface area contributed by atoms with Crippen molar-refractivity contribution in [3.05, 3.63) is 103 Å². The van der Waals surface area contributed by atoms with Crippen LogP contribution in [0.3, 0.4) is 0 Å². The Bertz CT molecular complexity index is 1370. The molecule has 2 amide bonds. The van der Waals surface area contributed by atoms with Gasteiger partial charge in [-0.15, -0.1) is 0 Å². The van der Waals surface area contributed by atoms with E-state index in [0.717, 1.165) is 17.3 Å². The summed E-state index contributed by atoms with van der Waals surface area (Å²) in [7, 11) is 0. The summed E-state index contributed by atoms with van der Waals surface area (Å²) in [5.74, 6) is -0.912. The van der Waals surface area contributed by atoms with Crippen LogP contribution in [0.1, 0.15) is 5.56 Å². The molecule has 1 aliphatic rings. The topological polar surface area (TPSA) is 73.2 Å². The number of rotatable bonds is 5. The lowest BCUT2D eigenvalue weighted by Crippen LogP contribution is -2.30. The van der Waals surface area contributed by atoms with Gasteiger partial charge in [0.05, 0.1) is 15.3 Å². The number of hydrogen-bond acceptors (Lipinski definition) is 4. The minimum Gasteiger partial charge on any atom is -0.321 e. The lowest BCUT2D eigenvalue weighted by molar-refractivity contribution is -0.117. The highest BCUT2D eigenvalue weighted by Gasteiger charge is 2.40. The van der Waals surface area contributed by atoms with Crippen molar-refractivity contribution in [1.82, 2.24) is 0 Å². The van der Waals surface area contributed by atoms with Gasteiger partial charge in [0.1, 0.15) is 16.7 Å². The molecule has 10 heteroatoms. The van der Waals surface area contributed by atoms with E-state index in [-0.39, 0.29) is 16.5 Å². The van der Waals surface area contributed by atoms with Gasteiger partial charge in [-0.1, -0.05) is 64.2 Å². The maximum absolute atomic E-state index is 13.5. The van der Waals surface area contributed by atoms with Crippen LogP contribution in [0.2, 0.25) is 20.1 Å². The summed E-state index contributed by atoms with van der Waals surface area (Å²) in [5, 5.41) is 14.0. The van der Waals surface area contributed by atoms with E-state index in [2.05, 4.69) is 5.32 Å². The zero-order chi connectivity index (χ0) is 25.1. The second-order valence-electron chi connectivity index (χ2n) is 7.46. The number of benzene rings is 3. The van der Waals surface area contributed by atoms with Crippen LogP contribution in [0, 0.1) is 11.3 Å². The molecular formula is C25H15Cl4N3O2S. The van der Waals surface area contributed by atoms with E-state index >= 15 is 0 Å². The predicted molar refractivity (Wildman–Crippen MR) is 143 cm³/mol. The molecule has 1 fully saturated rings. The fourth-order valence-corrected chi connectivity index (χ4v) is 5.30. The fraction of sp³-hybridized carbons (Fsp3) is 0.0800. The molecule has 176 valence electrons. The number of nitrogens with one attached hydrogen (secondary N) is 1. The van der Waals surface area contributed by atoms with Crippen molar-refractivity contribution in [1.29, 1.82) is 5.26 Å². The van der Waals surface area contributed by atoms with Crippen LogP contribution in [-0.4, -0.2) is 17.1 Å². The van der Waals surface area contributed by atoms with Crippen molar-refractivity contribution < 1.29 is 9.59 Å². The van der Waals surface area contributed by atoms with Gasteiger partial charge in [0.15, 0.2) is 0 Å². The van der Waals surface area contributed by atoms with Crippen LogP contribution < -0.4 is 10.2 Å². The highest BCUT2D eigenvalue weighted by Crippen LogP contribution is 2.42. The second kappa shape index (κ2) is 10.9. The molecule has 3 aromatic rings. The molecule has 35 heavy (non-hydrogen) atoms. The number of carbonyl (C=O) groups is 2. The Morgan fingerprint density at radius 2 is 1.57 bits per heavy atom. The fourth-order valence-electron chi connectivity index (χ4n) is 3.42. The first-order valence-corrected chi connectivity index (χ1v) is 12.6.